The molecule has 2 aromatic heterocycles. The van der Waals surface area contributed by atoms with Gasteiger partial charge in [-0.1, -0.05) is 13.8 Å². The van der Waals surface area contributed by atoms with Gasteiger partial charge in [-0.25, -0.2) is 0 Å². The van der Waals surface area contributed by atoms with E-state index in [0.717, 1.165) is 0 Å². The Morgan fingerprint density at radius 2 is 2.18 bits per heavy atom. The number of likely N-dealkylation sites (N-methyl/N-ethyl adjacent to an activating group) is 1. The summed E-state index contributed by atoms with van der Waals surface area (Å²) in [5.74, 6) is 0.254. The lowest BCUT2D eigenvalue weighted by molar-refractivity contribution is -0.122. The van der Waals surface area contributed by atoms with Crippen molar-refractivity contribution in [3.8, 4) is 11.5 Å². The highest BCUT2D eigenvalue weighted by Gasteiger charge is 2.23. The smallest absolute Gasteiger partial charge is 0.272 e. The van der Waals surface area contributed by atoms with Gasteiger partial charge in [0, 0.05) is 13.1 Å². The fourth-order valence-electron chi connectivity index (χ4n) is 2.11. The lowest BCUT2D eigenvalue weighted by Crippen LogP contribution is -2.46. The average Bonchev–Trinajstić information content (AvgIpc) is 3.15. The normalized spacial score (nSPS) is 12.2. The molecule has 0 aromatic carbocycles. The van der Waals surface area contributed by atoms with Gasteiger partial charge in [-0.05, 0) is 24.5 Å². The van der Waals surface area contributed by atoms with Crippen LogP contribution in [0.1, 0.15) is 30.8 Å². The Morgan fingerprint density at radius 3 is 2.77 bits per heavy atom. The summed E-state index contributed by atoms with van der Waals surface area (Å²) in [4.78, 5) is 24.1. The van der Waals surface area contributed by atoms with Crippen LogP contribution in [0.2, 0.25) is 0 Å². The van der Waals surface area contributed by atoms with Gasteiger partial charge in [-0.3, -0.25) is 14.7 Å². The number of furan rings is 1. The van der Waals surface area contributed by atoms with Gasteiger partial charge in [0.1, 0.15) is 11.7 Å². The Bertz CT molecular complexity index is 631. The Balaban J connectivity index is 2.08. The Hall–Kier alpha value is -2.57. The highest BCUT2D eigenvalue weighted by molar-refractivity contribution is 5.96. The summed E-state index contributed by atoms with van der Waals surface area (Å²) in [5.41, 5.74) is 0.819. The lowest BCUT2D eigenvalue weighted by Gasteiger charge is -2.18. The molecule has 0 aliphatic carbocycles. The molecule has 0 fully saturated rings. The topological polar surface area (TPSA) is 100 Å². The maximum Gasteiger partial charge on any atom is 0.272 e. The molecule has 0 spiro atoms. The number of H-pyrrole nitrogens is 1. The second kappa shape index (κ2) is 6.93. The summed E-state index contributed by atoms with van der Waals surface area (Å²) < 4.78 is 5.23. The molecule has 2 amide bonds. The van der Waals surface area contributed by atoms with Crippen LogP contribution in [0.5, 0.6) is 0 Å². The molecule has 118 valence electrons. The summed E-state index contributed by atoms with van der Waals surface area (Å²) in [7, 11) is 1.55. The molecule has 0 aliphatic heterocycles. The quantitative estimate of drug-likeness (QED) is 0.754. The number of hydrogen-bond donors (Lipinski definition) is 3. The third-order valence-electron chi connectivity index (χ3n) is 3.17. The number of nitrogens with zero attached hydrogens (tertiary/aromatic N) is 1. The molecule has 0 aliphatic rings. The van der Waals surface area contributed by atoms with Crippen molar-refractivity contribution in [1.82, 2.24) is 20.8 Å². The molecule has 2 aromatic rings. The SMILES string of the molecule is CNC(=O)[C@@H](CC(C)C)NC(=O)c1cc(-c2ccco2)[nH]n1. The Labute approximate surface area is 128 Å². The van der Waals surface area contributed by atoms with Crippen LogP contribution < -0.4 is 10.6 Å². The molecule has 7 nitrogen and oxygen atoms in total. The van der Waals surface area contributed by atoms with Gasteiger partial charge >= 0.3 is 0 Å². The number of aromatic nitrogens is 2. The molecule has 2 rings (SSSR count). The summed E-state index contributed by atoms with van der Waals surface area (Å²) in [5, 5.41) is 12.0. The number of rotatable bonds is 6. The lowest BCUT2D eigenvalue weighted by atomic mass is 10.0. The highest BCUT2D eigenvalue weighted by Crippen LogP contribution is 2.17. The molecule has 3 N–H and O–H groups in total. The largest absolute Gasteiger partial charge is 0.463 e. The van der Waals surface area contributed by atoms with Gasteiger partial charge in [-0.2, -0.15) is 5.10 Å². The maximum absolute atomic E-state index is 12.2. The number of nitrogens with one attached hydrogen (secondary N) is 3. The minimum Gasteiger partial charge on any atom is -0.463 e. The van der Waals surface area contributed by atoms with Crippen LogP contribution >= 0.6 is 0 Å². The number of amides is 2. The van der Waals surface area contributed by atoms with E-state index >= 15 is 0 Å². The molecule has 2 heterocycles. The number of carbonyl (C=O) groups excluding carboxylic acids is 2. The molecule has 1 atom stereocenters. The Kier molecular flexibility index (Phi) is 4.98. The van der Waals surface area contributed by atoms with Crippen molar-refractivity contribution < 1.29 is 14.0 Å². The number of carbonyl (C=O) groups is 2. The van der Waals surface area contributed by atoms with Gasteiger partial charge in [0.25, 0.3) is 5.91 Å². The van der Waals surface area contributed by atoms with Crippen LogP contribution in [0, 0.1) is 5.92 Å². The van der Waals surface area contributed by atoms with E-state index in [1.165, 1.54) is 0 Å². The van der Waals surface area contributed by atoms with Gasteiger partial charge in [0.15, 0.2) is 11.5 Å². The summed E-state index contributed by atoms with van der Waals surface area (Å²) >= 11 is 0. The molecular formula is C15H20N4O3. The van der Waals surface area contributed by atoms with Crippen molar-refractivity contribution in [1.29, 1.82) is 0 Å². The standard InChI is InChI=1S/C15H20N4O3/c1-9(2)7-11(14(20)16-3)17-15(21)12-8-10(18-19-12)13-5-4-6-22-13/h4-6,8-9,11H,7H2,1-3H3,(H,16,20)(H,17,21)(H,18,19)/t11-/m1/s1. The number of hydrogen-bond acceptors (Lipinski definition) is 4. The van der Waals surface area contributed by atoms with Crippen molar-refractivity contribution in [2.45, 2.75) is 26.3 Å². The van der Waals surface area contributed by atoms with Crippen LogP contribution in [-0.2, 0) is 4.79 Å². The summed E-state index contributed by atoms with van der Waals surface area (Å²) in [6.45, 7) is 3.98. The minimum absolute atomic E-state index is 0.212. The molecule has 0 saturated carbocycles. The predicted molar refractivity (Wildman–Crippen MR) is 81.1 cm³/mol. The van der Waals surface area contributed by atoms with Gasteiger partial charge in [0.05, 0.1) is 6.26 Å². The molecule has 0 unspecified atom stereocenters. The zero-order valence-electron chi connectivity index (χ0n) is 12.8. The third kappa shape index (κ3) is 3.75. The third-order valence-corrected chi connectivity index (χ3v) is 3.17. The molecule has 0 bridgehead atoms. The summed E-state index contributed by atoms with van der Waals surface area (Å²) in [6, 6.07) is 4.52. The van der Waals surface area contributed by atoms with E-state index < -0.39 is 11.9 Å². The monoisotopic (exact) mass is 304 g/mol. The van der Waals surface area contributed by atoms with Gasteiger partial charge in [0.2, 0.25) is 5.91 Å². The van der Waals surface area contributed by atoms with Crippen LogP contribution in [0.25, 0.3) is 11.5 Å². The zero-order valence-corrected chi connectivity index (χ0v) is 12.8. The molecule has 7 heteroatoms. The first-order valence-electron chi connectivity index (χ1n) is 7.13. The van der Waals surface area contributed by atoms with Crippen molar-refractivity contribution in [2.24, 2.45) is 5.92 Å². The van der Waals surface area contributed by atoms with E-state index in [2.05, 4.69) is 20.8 Å². The van der Waals surface area contributed by atoms with E-state index in [9.17, 15) is 9.59 Å². The van der Waals surface area contributed by atoms with E-state index in [-0.39, 0.29) is 17.5 Å². The second-order valence-corrected chi connectivity index (χ2v) is 5.41. The minimum atomic E-state index is -0.582. The molecule has 0 radical (unpaired) electrons. The first kappa shape index (κ1) is 15.8. The predicted octanol–water partition coefficient (Wildman–Crippen LogP) is 1.56. The Morgan fingerprint density at radius 1 is 1.41 bits per heavy atom. The number of aromatic amines is 1. The van der Waals surface area contributed by atoms with E-state index in [1.807, 2.05) is 13.8 Å². The van der Waals surface area contributed by atoms with E-state index in [4.69, 9.17) is 4.42 Å². The van der Waals surface area contributed by atoms with Gasteiger partial charge in [-0.15, -0.1) is 0 Å². The van der Waals surface area contributed by atoms with E-state index in [0.29, 0.717) is 17.9 Å². The highest BCUT2D eigenvalue weighted by atomic mass is 16.3. The fourth-order valence-corrected chi connectivity index (χ4v) is 2.11. The fraction of sp³-hybridized carbons (Fsp3) is 0.400. The zero-order chi connectivity index (χ0) is 16.1. The van der Waals surface area contributed by atoms with Gasteiger partial charge < -0.3 is 15.1 Å². The van der Waals surface area contributed by atoms with E-state index in [1.54, 1.807) is 31.5 Å². The van der Waals surface area contributed by atoms with Crippen LogP contribution in [0.3, 0.4) is 0 Å². The average molecular weight is 304 g/mol. The first-order chi connectivity index (χ1) is 10.5. The molecular weight excluding hydrogens is 284 g/mol. The van der Waals surface area contributed by atoms with Crippen molar-refractivity contribution in [3.63, 3.8) is 0 Å². The first-order valence-corrected chi connectivity index (χ1v) is 7.13. The van der Waals surface area contributed by atoms with Crippen molar-refractivity contribution in [3.05, 3.63) is 30.2 Å². The van der Waals surface area contributed by atoms with Crippen molar-refractivity contribution >= 4 is 11.8 Å². The molecule has 22 heavy (non-hydrogen) atoms. The molecule has 0 saturated heterocycles. The van der Waals surface area contributed by atoms with Crippen LogP contribution in [0.15, 0.2) is 28.9 Å². The maximum atomic E-state index is 12.2. The second-order valence-electron chi connectivity index (χ2n) is 5.41. The van der Waals surface area contributed by atoms with Crippen LogP contribution in [0.4, 0.5) is 0 Å². The van der Waals surface area contributed by atoms with Crippen molar-refractivity contribution in [2.75, 3.05) is 7.05 Å². The summed E-state index contributed by atoms with van der Waals surface area (Å²) in [6.07, 6.45) is 2.10. The van der Waals surface area contributed by atoms with Crippen LogP contribution in [-0.4, -0.2) is 35.1 Å².